The summed E-state index contributed by atoms with van der Waals surface area (Å²) in [6.45, 7) is 7.56. The van der Waals surface area contributed by atoms with Gasteiger partial charge in [0.05, 0.1) is 4.90 Å². The van der Waals surface area contributed by atoms with Gasteiger partial charge in [0.25, 0.3) is 16.0 Å². The summed E-state index contributed by atoms with van der Waals surface area (Å²) < 4.78 is 35.9. The average molecular weight is 344 g/mol. The molecule has 0 bridgehead atoms. The zero-order valence-corrected chi connectivity index (χ0v) is 14.3. The Morgan fingerprint density at radius 1 is 1.22 bits per heavy atom. The molecule has 0 spiro atoms. The second kappa shape index (κ2) is 9.49. The summed E-state index contributed by atoms with van der Waals surface area (Å²) in [5, 5.41) is 2.77. The minimum absolute atomic E-state index is 0.142. The first-order chi connectivity index (χ1) is 10.9. The Hall–Kier alpha value is -1.64. The van der Waals surface area contributed by atoms with Crippen molar-refractivity contribution >= 4 is 16.0 Å². The van der Waals surface area contributed by atoms with E-state index in [9.17, 15) is 13.2 Å². The first-order valence-corrected chi connectivity index (χ1v) is 9.00. The summed E-state index contributed by atoms with van der Waals surface area (Å²) in [6, 6.07) is 5.20. The van der Waals surface area contributed by atoms with Crippen molar-refractivity contribution in [2.75, 3.05) is 32.8 Å². The van der Waals surface area contributed by atoms with Crippen LogP contribution in [0.2, 0.25) is 0 Å². The molecular formula is C15H24N2O5S. The van der Waals surface area contributed by atoms with E-state index in [1.807, 2.05) is 0 Å². The van der Waals surface area contributed by atoms with Gasteiger partial charge >= 0.3 is 0 Å². The van der Waals surface area contributed by atoms with Gasteiger partial charge in [-0.1, -0.05) is 13.8 Å². The molecule has 130 valence electrons. The molecule has 1 aromatic rings. The monoisotopic (exact) mass is 344 g/mol. The van der Waals surface area contributed by atoms with Gasteiger partial charge in [0, 0.05) is 6.54 Å². The molecule has 0 radical (unpaired) electrons. The molecule has 0 unspecified atom stereocenters. The molecule has 0 atom stereocenters. The van der Waals surface area contributed by atoms with Gasteiger partial charge in [0.2, 0.25) is 0 Å². The molecule has 0 aliphatic carbocycles. The fourth-order valence-electron chi connectivity index (χ4n) is 1.98. The first-order valence-electron chi connectivity index (χ1n) is 7.56. The Labute approximate surface area is 137 Å². The van der Waals surface area contributed by atoms with E-state index in [2.05, 4.69) is 24.1 Å². The zero-order valence-electron chi connectivity index (χ0n) is 13.5. The Kier molecular flexibility index (Phi) is 8.01. The number of benzene rings is 1. The number of nitrogens with one attached hydrogen (secondary N) is 1. The summed E-state index contributed by atoms with van der Waals surface area (Å²) >= 11 is 0. The number of carbonyl (C=O) groups is 1. The van der Waals surface area contributed by atoms with Gasteiger partial charge < -0.3 is 15.0 Å². The van der Waals surface area contributed by atoms with E-state index in [0.29, 0.717) is 12.3 Å². The standard InChI is InChI=1S/C15H24N2O5S/c1-3-17(4-2)11-5-10-16-15(18)12-22-13-6-8-14(9-7-13)23(19,20)21/h6-9H,3-5,10-12H2,1-2H3,(H,16,18)(H,19,20,21). The van der Waals surface area contributed by atoms with Crippen molar-refractivity contribution in [3.63, 3.8) is 0 Å². The van der Waals surface area contributed by atoms with Gasteiger partial charge in [-0.25, -0.2) is 0 Å². The van der Waals surface area contributed by atoms with Crippen LogP contribution in [0.3, 0.4) is 0 Å². The number of nitrogens with zero attached hydrogens (tertiary/aromatic N) is 1. The smallest absolute Gasteiger partial charge is 0.294 e. The fourth-order valence-corrected chi connectivity index (χ4v) is 2.46. The number of amides is 1. The molecule has 2 N–H and O–H groups in total. The van der Waals surface area contributed by atoms with Crippen molar-refractivity contribution in [2.45, 2.75) is 25.2 Å². The maximum atomic E-state index is 11.6. The van der Waals surface area contributed by atoms with Crippen LogP contribution in [0.25, 0.3) is 0 Å². The third-order valence-electron chi connectivity index (χ3n) is 3.36. The molecule has 0 aliphatic rings. The quantitative estimate of drug-likeness (QED) is 0.488. The Bertz CT molecular complexity index is 582. The molecule has 8 heteroatoms. The highest BCUT2D eigenvalue weighted by Crippen LogP contribution is 2.15. The zero-order chi connectivity index (χ0) is 17.3. The number of hydrogen-bond donors (Lipinski definition) is 2. The maximum Gasteiger partial charge on any atom is 0.294 e. The lowest BCUT2D eigenvalue weighted by Crippen LogP contribution is -2.32. The van der Waals surface area contributed by atoms with E-state index < -0.39 is 10.1 Å². The van der Waals surface area contributed by atoms with Gasteiger partial charge in [0.15, 0.2) is 6.61 Å². The van der Waals surface area contributed by atoms with Crippen molar-refractivity contribution in [1.82, 2.24) is 10.2 Å². The van der Waals surface area contributed by atoms with Gasteiger partial charge in [-0.2, -0.15) is 8.42 Å². The van der Waals surface area contributed by atoms with E-state index in [1.165, 1.54) is 24.3 Å². The predicted octanol–water partition coefficient (Wildman–Crippen LogP) is 1.16. The van der Waals surface area contributed by atoms with E-state index in [-0.39, 0.29) is 17.4 Å². The highest BCUT2D eigenvalue weighted by atomic mass is 32.2. The predicted molar refractivity (Wildman–Crippen MR) is 87.2 cm³/mol. The number of carbonyl (C=O) groups excluding carboxylic acids is 1. The normalized spacial score (nSPS) is 11.5. The molecule has 1 amide bonds. The lowest BCUT2D eigenvalue weighted by molar-refractivity contribution is -0.123. The maximum absolute atomic E-state index is 11.6. The molecule has 1 rings (SSSR count). The third kappa shape index (κ3) is 7.45. The van der Waals surface area contributed by atoms with Gasteiger partial charge in [-0.15, -0.1) is 0 Å². The van der Waals surface area contributed by atoms with Crippen LogP contribution in [0, 0.1) is 0 Å². The highest BCUT2D eigenvalue weighted by Gasteiger charge is 2.09. The van der Waals surface area contributed by atoms with Crippen molar-refractivity contribution in [1.29, 1.82) is 0 Å². The molecule has 23 heavy (non-hydrogen) atoms. The molecular weight excluding hydrogens is 320 g/mol. The van der Waals surface area contributed by atoms with Crippen LogP contribution in [-0.2, 0) is 14.9 Å². The summed E-state index contributed by atoms with van der Waals surface area (Å²) in [7, 11) is -4.22. The van der Waals surface area contributed by atoms with Crippen molar-refractivity contribution < 1.29 is 22.5 Å². The van der Waals surface area contributed by atoms with E-state index in [0.717, 1.165) is 26.1 Å². The van der Waals surface area contributed by atoms with E-state index in [4.69, 9.17) is 9.29 Å². The molecule has 0 heterocycles. The Morgan fingerprint density at radius 3 is 2.35 bits per heavy atom. The fraction of sp³-hybridized carbons (Fsp3) is 0.533. The molecule has 0 aliphatic heterocycles. The van der Waals surface area contributed by atoms with Crippen LogP contribution in [0.4, 0.5) is 0 Å². The van der Waals surface area contributed by atoms with Crippen LogP contribution in [0.5, 0.6) is 5.75 Å². The summed E-state index contributed by atoms with van der Waals surface area (Å²) in [5.41, 5.74) is 0. The minimum atomic E-state index is -4.22. The van der Waals surface area contributed by atoms with Crippen LogP contribution in [0.1, 0.15) is 20.3 Å². The lowest BCUT2D eigenvalue weighted by atomic mass is 10.3. The second-order valence-electron chi connectivity index (χ2n) is 4.97. The summed E-state index contributed by atoms with van der Waals surface area (Å²) in [6.07, 6.45) is 0.872. The molecule has 0 fully saturated rings. The van der Waals surface area contributed by atoms with E-state index >= 15 is 0 Å². The Morgan fingerprint density at radius 2 is 1.83 bits per heavy atom. The van der Waals surface area contributed by atoms with Crippen LogP contribution in [0.15, 0.2) is 29.2 Å². The van der Waals surface area contributed by atoms with Crippen LogP contribution < -0.4 is 10.1 Å². The summed E-state index contributed by atoms with van der Waals surface area (Å²) in [4.78, 5) is 13.7. The van der Waals surface area contributed by atoms with E-state index in [1.54, 1.807) is 0 Å². The Balaban J connectivity index is 2.28. The molecule has 0 aromatic heterocycles. The van der Waals surface area contributed by atoms with Gasteiger partial charge in [-0.05, 0) is 50.3 Å². The van der Waals surface area contributed by atoms with Gasteiger partial charge in [-0.3, -0.25) is 9.35 Å². The molecule has 0 saturated heterocycles. The lowest BCUT2D eigenvalue weighted by Gasteiger charge is -2.17. The topological polar surface area (TPSA) is 95.9 Å². The molecule has 0 saturated carbocycles. The number of ether oxygens (including phenoxy) is 1. The highest BCUT2D eigenvalue weighted by molar-refractivity contribution is 7.85. The first kappa shape index (κ1) is 19.4. The second-order valence-corrected chi connectivity index (χ2v) is 6.39. The SMILES string of the molecule is CCN(CC)CCCNC(=O)COc1ccc(S(=O)(=O)O)cc1. The number of hydrogen-bond acceptors (Lipinski definition) is 5. The minimum Gasteiger partial charge on any atom is -0.484 e. The average Bonchev–Trinajstić information content (AvgIpc) is 2.52. The van der Waals surface area contributed by atoms with Crippen molar-refractivity contribution in [3.8, 4) is 5.75 Å². The summed E-state index contributed by atoms with van der Waals surface area (Å²) in [5.74, 6) is 0.124. The molecule has 7 nitrogen and oxygen atoms in total. The van der Waals surface area contributed by atoms with Crippen molar-refractivity contribution in [3.05, 3.63) is 24.3 Å². The van der Waals surface area contributed by atoms with Crippen LogP contribution >= 0.6 is 0 Å². The van der Waals surface area contributed by atoms with Crippen LogP contribution in [-0.4, -0.2) is 56.6 Å². The van der Waals surface area contributed by atoms with Gasteiger partial charge in [0.1, 0.15) is 5.75 Å². The molecule has 1 aromatic carbocycles. The largest absolute Gasteiger partial charge is 0.484 e. The van der Waals surface area contributed by atoms with Crippen molar-refractivity contribution in [2.24, 2.45) is 0 Å². The third-order valence-corrected chi connectivity index (χ3v) is 4.23. The number of rotatable bonds is 10.